The highest BCUT2D eigenvalue weighted by atomic mass is 128. The smallest absolute Gasteiger partial charge is 0.341 e. The summed E-state index contributed by atoms with van der Waals surface area (Å²) in [5, 5.41) is 0.539. The van der Waals surface area contributed by atoms with Crippen molar-refractivity contribution in [2.24, 2.45) is 0 Å². The topological polar surface area (TPSA) is 52.3 Å². The summed E-state index contributed by atoms with van der Waals surface area (Å²) in [4.78, 5) is 12.2. The molecule has 1 heterocycles. The zero-order chi connectivity index (χ0) is 11.3. The molecule has 14 heavy (non-hydrogen) atoms. The number of ether oxygens (including phenoxy) is 1. The Labute approximate surface area is 111 Å². The molecule has 2 N–H and O–H groups in total. The van der Waals surface area contributed by atoms with Crippen molar-refractivity contribution in [1.29, 1.82) is 0 Å². The predicted molar refractivity (Wildman–Crippen MR) is 77.6 cm³/mol. The minimum Gasteiger partial charge on any atom is -0.465 e. The summed E-state index contributed by atoms with van der Waals surface area (Å²) in [5.74, 6) is -0.352. The number of methoxy groups -OCH3 is 1. The van der Waals surface area contributed by atoms with Gasteiger partial charge in [0.05, 0.1) is 12.7 Å². The molecule has 6 heteroatoms. The fourth-order valence-corrected chi connectivity index (χ4v) is 1.93. The van der Waals surface area contributed by atoms with Crippen molar-refractivity contribution in [2.75, 3.05) is 12.8 Å². The van der Waals surface area contributed by atoms with Crippen LogP contribution in [0.5, 0.6) is 0 Å². The van der Waals surface area contributed by atoms with Gasteiger partial charge in [0.25, 0.3) is 0 Å². The van der Waals surface area contributed by atoms with Crippen LogP contribution in [0.2, 0.25) is 0 Å². The fourth-order valence-electron chi connectivity index (χ4n) is 1.01. The number of rotatable bonds is 1. The van der Waals surface area contributed by atoms with Gasteiger partial charge in [0.2, 0.25) is 0 Å². The highest BCUT2D eigenvalue weighted by Crippen LogP contribution is 2.29. The lowest BCUT2D eigenvalue weighted by atomic mass is 10.2. The minimum absolute atomic E-state index is 0.352. The maximum absolute atomic E-state index is 11.2. The molecular formula is C8H11I2NO2S. The lowest BCUT2D eigenvalue weighted by Gasteiger charge is -1.98. The van der Waals surface area contributed by atoms with Crippen LogP contribution >= 0.6 is 48.6 Å². The third-order valence-electron chi connectivity index (χ3n) is 1.80. The standard InChI is InChI=1S/C8H11NO2S.I2/c1-4-5(2)12-7(9)6(4)8(10)11-3;1-2/h9H2,1-3H3;. The number of aryl methyl sites for hydroxylation is 1. The summed E-state index contributed by atoms with van der Waals surface area (Å²) < 4.78 is 4.60. The Balaban J connectivity index is 0.000000791. The van der Waals surface area contributed by atoms with E-state index in [1.807, 2.05) is 13.8 Å². The third-order valence-corrected chi connectivity index (χ3v) is 2.84. The van der Waals surface area contributed by atoms with E-state index in [4.69, 9.17) is 5.73 Å². The molecule has 0 aromatic carbocycles. The first-order chi connectivity index (χ1) is 6.57. The van der Waals surface area contributed by atoms with Gasteiger partial charge in [-0.2, -0.15) is 0 Å². The van der Waals surface area contributed by atoms with Crippen molar-refractivity contribution in [2.45, 2.75) is 13.8 Å². The normalized spacial score (nSPS) is 8.93. The maximum atomic E-state index is 11.2. The van der Waals surface area contributed by atoms with E-state index in [0.29, 0.717) is 10.6 Å². The van der Waals surface area contributed by atoms with E-state index in [9.17, 15) is 4.79 Å². The molecular weight excluding hydrogens is 428 g/mol. The summed E-state index contributed by atoms with van der Waals surface area (Å²) in [7, 11) is 1.36. The van der Waals surface area contributed by atoms with E-state index in [0.717, 1.165) is 10.4 Å². The molecule has 3 nitrogen and oxygen atoms in total. The Hall–Kier alpha value is 0.430. The van der Waals surface area contributed by atoms with Crippen molar-refractivity contribution in [3.8, 4) is 0 Å². The Kier molecular flexibility index (Phi) is 7.04. The van der Waals surface area contributed by atoms with E-state index in [-0.39, 0.29) is 5.97 Å². The van der Waals surface area contributed by atoms with E-state index >= 15 is 0 Å². The Bertz CT molecular complexity index is 325. The van der Waals surface area contributed by atoms with Crippen molar-refractivity contribution in [3.05, 3.63) is 16.0 Å². The second kappa shape index (κ2) is 6.83. The fraction of sp³-hybridized carbons (Fsp3) is 0.375. The average molecular weight is 439 g/mol. The zero-order valence-corrected chi connectivity index (χ0v) is 13.2. The quantitative estimate of drug-likeness (QED) is 0.539. The number of carbonyl (C=O) groups is 1. The largest absolute Gasteiger partial charge is 0.465 e. The van der Waals surface area contributed by atoms with Crippen LogP contribution < -0.4 is 5.73 Å². The lowest BCUT2D eigenvalue weighted by Crippen LogP contribution is -2.04. The molecule has 0 saturated heterocycles. The summed E-state index contributed by atoms with van der Waals surface area (Å²) in [6, 6.07) is 0. The number of thiophene rings is 1. The van der Waals surface area contributed by atoms with Gasteiger partial charge in [0.1, 0.15) is 5.00 Å². The average Bonchev–Trinajstić information content (AvgIpc) is 2.44. The SMILES string of the molecule is COC(=O)c1c(N)sc(C)c1C.II. The van der Waals surface area contributed by atoms with Crippen LogP contribution in [0, 0.1) is 13.8 Å². The Morgan fingerprint density at radius 1 is 1.43 bits per heavy atom. The first kappa shape index (κ1) is 14.4. The van der Waals surface area contributed by atoms with Crippen LogP contribution in [0.25, 0.3) is 0 Å². The molecule has 1 rings (SSSR count). The second-order valence-electron chi connectivity index (χ2n) is 2.51. The monoisotopic (exact) mass is 439 g/mol. The number of nitrogen functional groups attached to an aromatic ring is 1. The molecule has 0 saturated carbocycles. The third kappa shape index (κ3) is 3.23. The van der Waals surface area contributed by atoms with Crippen molar-refractivity contribution >= 4 is 59.5 Å². The van der Waals surface area contributed by atoms with Crippen LogP contribution in [0.3, 0.4) is 0 Å². The highest BCUT2D eigenvalue weighted by Gasteiger charge is 2.17. The van der Waals surface area contributed by atoms with Gasteiger partial charge in [-0.1, -0.05) is 0 Å². The van der Waals surface area contributed by atoms with Crippen LogP contribution in [-0.4, -0.2) is 13.1 Å². The molecule has 1 aromatic heterocycles. The van der Waals surface area contributed by atoms with E-state index in [1.165, 1.54) is 18.4 Å². The molecule has 0 radical (unpaired) electrons. The van der Waals surface area contributed by atoms with Gasteiger partial charge < -0.3 is 10.5 Å². The molecule has 0 aliphatic carbocycles. The second-order valence-corrected chi connectivity index (χ2v) is 3.77. The number of nitrogens with two attached hydrogens (primary N) is 1. The van der Waals surface area contributed by atoms with Gasteiger partial charge in [0, 0.05) is 42.1 Å². The van der Waals surface area contributed by atoms with Crippen molar-refractivity contribution < 1.29 is 9.53 Å². The van der Waals surface area contributed by atoms with Crippen molar-refractivity contribution in [1.82, 2.24) is 0 Å². The Morgan fingerprint density at radius 3 is 2.21 bits per heavy atom. The number of esters is 1. The molecule has 0 bridgehead atoms. The van der Waals surface area contributed by atoms with Gasteiger partial charge in [-0.25, -0.2) is 4.79 Å². The Morgan fingerprint density at radius 2 is 1.93 bits per heavy atom. The van der Waals surface area contributed by atoms with E-state index in [1.54, 1.807) is 0 Å². The van der Waals surface area contributed by atoms with Gasteiger partial charge in [0.15, 0.2) is 0 Å². The van der Waals surface area contributed by atoms with Crippen LogP contribution in [-0.2, 0) is 4.74 Å². The van der Waals surface area contributed by atoms with Crippen LogP contribution in [0.4, 0.5) is 5.00 Å². The summed E-state index contributed by atoms with van der Waals surface area (Å²) >= 11 is 5.66. The first-order valence-corrected chi connectivity index (χ1v) is 10.8. The molecule has 0 amide bonds. The van der Waals surface area contributed by atoms with Crippen LogP contribution in [0.15, 0.2) is 0 Å². The maximum Gasteiger partial charge on any atom is 0.341 e. The molecule has 0 aliphatic heterocycles. The lowest BCUT2D eigenvalue weighted by molar-refractivity contribution is 0.0601. The molecule has 1 aromatic rings. The molecule has 0 unspecified atom stereocenters. The molecule has 0 atom stereocenters. The van der Waals surface area contributed by atoms with Crippen molar-refractivity contribution in [3.63, 3.8) is 0 Å². The number of hydrogen-bond acceptors (Lipinski definition) is 4. The molecule has 0 aliphatic rings. The van der Waals surface area contributed by atoms with E-state index in [2.05, 4.69) is 42.0 Å². The van der Waals surface area contributed by atoms with Gasteiger partial charge in [-0.05, 0) is 19.4 Å². The molecule has 0 spiro atoms. The number of halogens is 2. The molecule has 0 fully saturated rings. The van der Waals surface area contributed by atoms with Gasteiger partial charge in [-0.3, -0.25) is 0 Å². The number of hydrogen-bond donors (Lipinski definition) is 1. The first-order valence-electron chi connectivity index (χ1n) is 3.66. The molecule has 80 valence electrons. The minimum atomic E-state index is -0.352. The summed E-state index contributed by atoms with van der Waals surface area (Å²) in [6.07, 6.45) is 0. The van der Waals surface area contributed by atoms with Gasteiger partial charge in [-0.15, -0.1) is 11.3 Å². The highest BCUT2D eigenvalue weighted by molar-refractivity contribution is 15.0. The predicted octanol–water partition coefficient (Wildman–Crippen LogP) is 3.51. The summed E-state index contributed by atoms with van der Waals surface area (Å²) in [6.45, 7) is 3.80. The number of carbonyl (C=O) groups excluding carboxylic acids is 1. The van der Waals surface area contributed by atoms with Gasteiger partial charge >= 0.3 is 5.97 Å². The van der Waals surface area contributed by atoms with E-state index < -0.39 is 0 Å². The summed E-state index contributed by atoms with van der Waals surface area (Å²) in [5.41, 5.74) is 7.07. The van der Waals surface area contributed by atoms with Crippen LogP contribution in [0.1, 0.15) is 20.8 Å². The zero-order valence-electron chi connectivity index (χ0n) is 8.06. The number of anilines is 1.